The molecule has 2 amide bonds. The SMILES string of the molecule is COc1cc(C(=O)NCC(=O)NCCc2cccnc2)ccc1OC(F)F. The van der Waals surface area contributed by atoms with Gasteiger partial charge in [0.05, 0.1) is 13.7 Å². The van der Waals surface area contributed by atoms with Gasteiger partial charge in [0.2, 0.25) is 5.91 Å². The second-order valence-electron chi connectivity index (χ2n) is 5.39. The zero-order valence-electron chi connectivity index (χ0n) is 14.6. The van der Waals surface area contributed by atoms with Crippen molar-refractivity contribution >= 4 is 11.8 Å². The Hall–Kier alpha value is -3.23. The molecule has 0 radical (unpaired) electrons. The van der Waals surface area contributed by atoms with Crippen LogP contribution in [0.1, 0.15) is 15.9 Å². The zero-order chi connectivity index (χ0) is 19.6. The van der Waals surface area contributed by atoms with Crippen LogP contribution >= 0.6 is 0 Å². The highest BCUT2D eigenvalue weighted by molar-refractivity contribution is 5.97. The number of nitrogens with zero attached hydrogens (tertiary/aromatic N) is 1. The van der Waals surface area contributed by atoms with E-state index in [4.69, 9.17) is 4.74 Å². The van der Waals surface area contributed by atoms with Gasteiger partial charge in [0, 0.05) is 24.5 Å². The predicted octanol–water partition coefficient (Wildman–Crippen LogP) is 1.78. The van der Waals surface area contributed by atoms with Crippen LogP contribution in [0, 0.1) is 0 Å². The molecule has 0 bridgehead atoms. The summed E-state index contributed by atoms with van der Waals surface area (Å²) in [6.07, 6.45) is 4.00. The molecule has 2 rings (SSSR count). The number of nitrogens with one attached hydrogen (secondary N) is 2. The Labute approximate surface area is 154 Å². The van der Waals surface area contributed by atoms with Crippen molar-refractivity contribution < 1.29 is 27.8 Å². The molecule has 1 aromatic carbocycles. The number of carbonyl (C=O) groups is 2. The Balaban J connectivity index is 1.81. The highest BCUT2D eigenvalue weighted by Gasteiger charge is 2.14. The molecule has 2 aromatic rings. The number of aromatic nitrogens is 1. The Morgan fingerprint density at radius 1 is 1.19 bits per heavy atom. The minimum Gasteiger partial charge on any atom is -0.493 e. The molecule has 0 aliphatic carbocycles. The molecule has 0 saturated heterocycles. The maximum absolute atomic E-state index is 12.3. The first kappa shape index (κ1) is 20.1. The average molecular weight is 379 g/mol. The molecular formula is C18H19F2N3O4. The third-order valence-corrected chi connectivity index (χ3v) is 3.51. The summed E-state index contributed by atoms with van der Waals surface area (Å²) < 4.78 is 33.8. The number of methoxy groups -OCH3 is 1. The maximum Gasteiger partial charge on any atom is 0.387 e. The van der Waals surface area contributed by atoms with Crippen molar-refractivity contribution in [2.45, 2.75) is 13.0 Å². The minimum absolute atomic E-state index is 0.0103. The van der Waals surface area contributed by atoms with Crippen molar-refractivity contribution in [3.05, 3.63) is 53.9 Å². The largest absolute Gasteiger partial charge is 0.493 e. The van der Waals surface area contributed by atoms with Crippen LogP contribution in [0.5, 0.6) is 11.5 Å². The highest BCUT2D eigenvalue weighted by Crippen LogP contribution is 2.29. The fourth-order valence-electron chi connectivity index (χ4n) is 2.22. The predicted molar refractivity (Wildman–Crippen MR) is 92.9 cm³/mol. The van der Waals surface area contributed by atoms with Gasteiger partial charge in [-0.1, -0.05) is 6.07 Å². The molecule has 9 heteroatoms. The van der Waals surface area contributed by atoms with E-state index in [1.807, 2.05) is 12.1 Å². The number of benzene rings is 1. The van der Waals surface area contributed by atoms with Crippen LogP contribution in [0.3, 0.4) is 0 Å². The fraction of sp³-hybridized carbons (Fsp3) is 0.278. The summed E-state index contributed by atoms with van der Waals surface area (Å²) in [7, 11) is 1.27. The summed E-state index contributed by atoms with van der Waals surface area (Å²) in [6.45, 7) is -2.81. The highest BCUT2D eigenvalue weighted by atomic mass is 19.3. The van der Waals surface area contributed by atoms with E-state index < -0.39 is 12.5 Å². The topological polar surface area (TPSA) is 89.5 Å². The van der Waals surface area contributed by atoms with Gasteiger partial charge in [-0.05, 0) is 36.2 Å². The molecule has 144 valence electrons. The van der Waals surface area contributed by atoms with E-state index in [1.165, 1.54) is 25.3 Å². The molecule has 0 spiro atoms. The van der Waals surface area contributed by atoms with E-state index in [9.17, 15) is 18.4 Å². The van der Waals surface area contributed by atoms with Gasteiger partial charge in [-0.15, -0.1) is 0 Å². The summed E-state index contributed by atoms with van der Waals surface area (Å²) >= 11 is 0. The lowest BCUT2D eigenvalue weighted by Crippen LogP contribution is -2.37. The number of hydrogen-bond donors (Lipinski definition) is 2. The number of alkyl halides is 2. The third-order valence-electron chi connectivity index (χ3n) is 3.51. The Kier molecular flexibility index (Phi) is 7.48. The third kappa shape index (κ3) is 6.53. The number of rotatable bonds is 9. The van der Waals surface area contributed by atoms with Crippen LogP contribution in [0.25, 0.3) is 0 Å². The maximum atomic E-state index is 12.3. The van der Waals surface area contributed by atoms with E-state index in [2.05, 4.69) is 20.4 Å². The lowest BCUT2D eigenvalue weighted by atomic mass is 10.2. The van der Waals surface area contributed by atoms with Crippen LogP contribution in [0.2, 0.25) is 0 Å². The van der Waals surface area contributed by atoms with Crippen molar-refractivity contribution in [2.24, 2.45) is 0 Å². The molecule has 1 heterocycles. The molecular weight excluding hydrogens is 360 g/mol. The molecule has 7 nitrogen and oxygen atoms in total. The lowest BCUT2D eigenvalue weighted by molar-refractivity contribution is -0.120. The summed E-state index contributed by atoms with van der Waals surface area (Å²) in [4.78, 5) is 27.9. The molecule has 2 N–H and O–H groups in total. The quantitative estimate of drug-likeness (QED) is 0.693. The number of halogens is 2. The number of hydrogen-bond acceptors (Lipinski definition) is 5. The monoisotopic (exact) mass is 379 g/mol. The van der Waals surface area contributed by atoms with Crippen molar-refractivity contribution in [1.29, 1.82) is 0 Å². The molecule has 0 aliphatic rings. The van der Waals surface area contributed by atoms with Crippen molar-refractivity contribution in [2.75, 3.05) is 20.2 Å². The van der Waals surface area contributed by atoms with Crippen LogP contribution in [0.4, 0.5) is 8.78 Å². The van der Waals surface area contributed by atoms with E-state index in [0.29, 0.717) is 13.0 Å². The van der Waals surface area contributed by atoms with Gasteiger partial charge >= 0.3 is 6.61 Å². The smallest absolute Gasteiger partial charge is 0.387 e. The first-order chi connectivity index (χ1) is 13.0. The number of carbonyl (C=O) groups excluding carboxylic acids is 2. The zero-order valence-corrected chi connectivity index (χ0v) is 14.6. The van der Waals surface area contributed by atoms with E-state index in [1.54, 1.807) is 12.4 Å². The van der Waals surface area contributed by atoms with Crippen LogP contribution in [0.15, 0.2) is 42.7 Å². The van der Waals surface area contributed by atoms with Crippen LogP contribution in [-0.2, 0) is 11.2 Å². The van der Waals surface area contributed by atoms with E-state index >= 15 is 0 Å². The lowest BCUT2D eigenvalue weighted by Gasteiger charge is -2.11. The number of pyridine rings is 1. The van der Waals surface area contributed by atoms with Crippen molar-refractivity contribution in [1.82, 2.24) is 15.6 Å². The van der Waals surface area contributed by atoms with Crippen LogP contribution in [-0.4, -0.2) is 43.6 Å². The van der Waals surface area contributed by atoms with Gasteiger partial charge in [0.15, 0.2) is 11.5 Å². The van der Waals surface area contributed by atoms with Gasteiger partial charge < -0.3 is 20.1 Å². The molecule has 0 atom stereocenters. The normalized spacial score (nSPS) is 10.4. The average Bonchev–Trinajstić information content (AvgIpc) is 2.66. The Morgan fingerprint density at radius 2 is 2.00 bits per heavy atom. The van der Waals surface area contributed by atoms with Crippen molar-refractivity contribution in [3.8, 4) is 11.5 Å². The van der Waals surface area contributed by atoms with Gasteiger partial charge in [-0.2, -0.15) is 8.78 Å². The Morgan fingerprint density at radius 3 is 2.67 bits per heavy atom. The van der Waals surface area contributed by atoms with E-state index in [-0.39, 0.29) is 29.5 Å². The van der Waals surface area contributed by atoms with E-state index in [0.717, 1.165) is 5.56 Å². The van der Waals surface area contributed by atoms with Crippen molar-refractivity contribution in [3.63, 3.8) is 0 Å². The molecule has 1 aromatic heterocycles. The first-order valence-corrected chi connectivity index (χ1v) is 8.06. The summed E-state index contributed by atoms with van der Waals surface area (Å²) in [5.41, 5.74) is 1.14. The standard InChI is InChI=1S/C18H19F2N3O4/c1-26-15-9-13(4-5-14(15)27-18(19)20)17(25)23-11-16(24)22-8-6-12-3-2-7-21-10-12/h2-5,7,9-10,18H,6,8,11H2,1H3,(H,22,24)(H,23,25). The molecule has 0 fully saturated rings. The second-order valence-corrected chi connectivity index (χ2v) is 5.39. The number of amides is 2. The van der Waals surface area contributed by atoms with Crippen LogP contribution < -0.4 is 20.1 Å². The summed E-state index contributed by atoms with van der Waals surface area (Å²) in [5.74, 6) is -1.09. The first-order valence-electron chi connectivity index (χ1n) is 8.06. The van der Waals surface area contributed by atoms with Gasteiger partial charge in [-0.3, -0.25) is 14.6 Å². The summed E-state index contributed by atoms with van der Waals surface area (Å²) in [5, 5.41) is 5.13. The van der Waals surface area contributed by atoms with Gasteiger partial charge in [0.25, 0.3) is 5.91 Å². The number of ether oxygens (including phenoxy) is 2. The second kappa shape index (κ2) is 10.0. The molecule has 0 unspecified atom stereocenters. The molecule has 27 heavy (non-hydrogen) atoms. The van der Waals surface area contributed by atoms with Gasteiger partial charge in [-0.25, -0.2) is 0 Å². The fourth-order valence-corrected chi connectivity index (χ4v) is 2.22. The summed E-state index contributed by atoms with van der Waals surface area (Å²) in [6, 6.07) is 7.47. The molecule has 0 saturated carbocycles. The Bertz CT molecular complexity index is 772. The minimum atomic E-state index is -3.01. The molecule has 0 aliphatic heterocycles. The van der Waals surface area contributed by atoms with Gasteiger partial charge in [0.1, 0.15) is 0 Å².